The Hall–Kier alpha value is -3.04. The van der Waals surface area contributed by atoms with E-state index >= 15 is 0 Å². The smallest absolute Gasteiger partial charge is 0.343 e. The molecule has 2 rings (SSSR count). The van der Waals surface area contributed by atoms with Crippen molar-refractivity contribution in [1.82, 2.24) is 0 Å². The summed E-state index contributed by atoms with van der Waals surface area (Å²) >= 11 is 3.44. The molecule has 9 heteroatoms. The van der Waals surface area contributed by atoms with Crippen molar-refractivity contribution in [3.05, 3.63) is 57.6 Å². The van der Waals surface area contributed by atoms with Crippen molar-refractivity contribution in [2.45, 2.75) is 40.3 Å². The van der Waals surface area contributed by atoms with Gasteiger partial charge in [0.05, 0.1) is 33.5 Å². The van der Waals surface area contributed by atoms with Gasteiger partial charge in [-0.15, -0.1) is 0 Å². The third-order valence-electron chi connectivity index (χ3n) is 5.37. The van der Waals surface area contributed by atoms with Crippen molar-refractivity contribution in [2.75, 3.05) is 27.4 Å². The highest BCUT2D eigenvalue weighted by Crippen LogP contribution is 2.37. The van der Waals surface area contributed by atoms with Crippen LogP contribution in [-0.4, -0.2) is 55.9 Å². The second-order valence-electron chi connectivity index (χ2n) is 8.94. The van der Waals surface area contributed by atoms with Crippen LogP contribution in [-0.2, 0) is 16.1 Å². The van der Waals surface area contributed by atoms with Gasteiger partial charge in [0.2, 0.25) is 0 Å². The van der Waals surface area contributed by atoms with Crippen molar-refractivity contribution in [3.8, 4) is 17.2 Å². The van der Waals surface area contributed by atoms with Crippen molar-refractivity contribution < 1.29 is 34.0 Å². The lowest BCUT2D eigenvalue weighted by Crippen LogP contribution is -2.28. The van der Waals surface area contributed by atoms with Crippen LogP contribution in [0.25, 0.3) is 5.76 Å². The van der Waals surface area contributed by atoms with Gasteiger partial charge >= 0.3 is 5.97 Å². The maximum atomic E-state index is 12.7. The topological polar surface area (TPSA) is 107 Å². The zero-order valence-corrected chi connectivity index (χ0v) is 23.1. The highest BCUT2D eigenvalue weighted by atomic mass is 79.9. The van der Waals surface area contributed by atoms with Gasteiger partial charge in [0, 0.05) is 16.3 Å². The van der Waals surface area contributed by atoms with E-state index in [1.807, 2.05) is 45.0 Å². The van der Waals surface area contributed by atoms with Gasteiger partial charge in [-0.1, -0.05) is 32.9 Å². The minimum atomic E-state index is -0.743. The van der Waals surface area contributed by atoms with Gasteiger partial charge < -0.3 is 29.2 Å². The Morgan fingerprint density at radius 2 is 1.78 bits per heavy atom. The number of methoxy groups -OCH3 is 2. The number of benzene rings is 2. The van der Waals surface area contributed by atoms with Crippen LogP contribution >= 0.6 is 15.9 Å². The molecular formula is C27H34BrNO7. The standard InChI is InChI=1S/C27H34BrNO7/c1-7-35-26(32)20(14-29-24(15-30)27(2,3)4)25(31)19-12-23(22(34-6)13-21(19)28)36-16-17-8-10-18(33-5)11-9-17/h8-14,24,30-31H,7,15-16H2,1-6H3/t24-/m1/s1. The van der Waals surface area contributed by atoms with Crippen LogP contribution in [0.15, 0.2) is 51.4 Å². The Bertz CT molecular complexity index is 1090. The van der Waals surface area contributed by atoms with Gasteiger partial charge in [-0.3, -0.25) is 4.99 Å². The molecule has 0 spiro atoms. The van der Waals surface area contributed by atoms with Crippen LogP contribution in [0, 0.1) is 5.41 Å². The molecule has 0 aliphatic rings. The molecule has 1 atom stereocenters. The average molecular weight is 564 g/mol. The number of hydrogen-bond donors (Lipinski definition) is 2. The summed E-state index contributed by atoms with van der Waals surface area (Å²) < 4.78 is 22.2. The molecule has 0 aromatic heterocycles. The molecule has 0 heterocycles. The summed E-state index contributed by atoms with van der Waals surface area (Å²) in [6, 6.07) is 10.1. The summed E-state index contributed by atoms with van der Waals surface area (Å²) in [5, 5.41) is 20.9. The largest absolute Gasteiger partial charge is 0.506 e. The fourth-order valence-corrected chi connectivity index (χ4v) is 3.66. The predicted molar refractivity (Wildman–Crippen MR) is 143 cm³/mol. The zero-order chi connectivity index (χ0) is 26.9. The van der Waals surface area contributed by atoms with Crippen LogP contribution < -0.4 is 14.2 Å². The second kappa shape index (κ2) is 13.3. The lowest BCUT2D eigenvalue weighted by atomic mass is 9.88. The molecule has 0 saturated carbocycles. The van der Waals surface area contributed by atoms with Crippen LogP contribution in [0.1, 0.15) is 38.8 Å². The third-order valence-corrected chi connectivity index (χ3v) is 6.02. The van der Waals surface area contributed by atoms with Gasteiger partial charge in [-0.05, 0) is 58.1 Å². The monoisotopic (exact) mass is 563 g/mol. The van der Waals surface area contributed by atoms with Crippen molar-refractivity contribution >= 4 is 33.9 Å². The molecule has 36 heavy (non-hydrogen) atoms. The van der Waals surface area contributed by atoms with Crippen LogP contribution in [0.2, 0.25) is 0 Å². The molecule has 2 aromatic rings. The third kappa shape index (κ3) is 7.73. The van der Waals surface area contributed by atoms with E-state index in [9.17, 15) is 15.0 Å². The first-order chi connectivity index (χ1) is 17.0. The highest BCUT2D eigenvalue weighted by molar-refractivity contribution is 9.10. The summed E-state index contributed by atoms with van der Waals surface area (Å²) in [7, 11) is 3.11. The normalized spacial score (nSPS) is 13.2. The van der Waals surface area contributed by atoms with E-state index in [2.05, 4.69) is 20.9 Å². The highest BCUT2D eigenvalue weighted by Gasteiger charge is 2.25. The van der Waals surface area contributed by atoms with Gasteiger partial charge in [-0.25, -0.2) is 4.79 Å². The molecule has 0 bridgehead atoms. The van der Waals surface area contributed by atoms with Crippen LogP contribution in [0.5, 0.6) is 17.2 Å². The summed E-state index contributed by atoms with van der Waals surface area (Å²) in [5.41, 5.74) is 0.681. The van der Waals surface area contributed by atoms with Gasteiger partial charge in [0.1, 0.15) is 23.7 Å². The van der Waals surface area contributed by atoms with E-state index in [0.29, 0.717) is 16.0 Å². The molecule has 0 amide bonds. The maximum absolute atomic E-state index is 12.7. The van der Waals surface area contributed by atoms with Gasteiger partial charge in [-0.2, -0.15) is 0 Å². The number of nitrogens with zero attached hydrogens (tertiary/aromatic N) is 1. The lowest BCUT2D eigenvalue weighted by Gasteiger charge is -2.25. The lowest BCUT2D eigenvalue weighted by molar-refractivity contribution is -0.137. The number of rotatable bonds is 11. The predicted octanol–water partition coefficient (Wildman–Crippen LogP) is 5.36. The fraction of sp³-hybridized carbons (Fsp3) is 0.407. The first kappa shape index (κ1) is 29.2. The van der Waals surface area contributed by atoms with Crippen molar-refractivity contribution in [3.63, 3.8) is 0 Å². The van der Waals surface area contributed by atoms with E-state index in [0.717, 1.165) is 11.3 Å². The Morgan fingerprint density at radius 3 is 2.31 bits per heavy atom. The van der Waals surface area contributed by atoms with E-state index in [1.54, 1.807) is 26.2 Å². The number of aliphatic imine (C=N–C) groups is 1. The maximum Gasteiger partial charge on any atom is 0.343 e. The molecule has 0 radical (unpaired) electrons. The quantitative estimate of drug-likeness (QED) is 0.164. The van der Waals surface area contributed by atoms with Gasteiger partial charge in [0.25, 0.3) is 0 Å². The minimum Gasteiger partial charge on any atom is -0.506 e. The van der Waals surface area contributed by atoms with Crippen LogP contribution in [0.4, 0.5) is 0 Å². The number of aliphatic hydroxyl groups is 2. The molecule has 0 aliphatic heterocycles. The van der Waals surface area contributed by atoms with Gasteiger partial charge in [0.15, 0.2) is 11.5 Å². The number of aliphatic hydroxyl groups excluding tert-OH is 2. The second-order valence-corrected chi connectivity index (χ2v) is 9.80. The van der Waals surface area contributed by atoms with E-state index in [-0.39, 0.29) is 42.1 Å². The first-order valence-electron chi connectivity index (χ1n) is 11.4. The summed E-state index contributed by atoms with van der Waals surface area (Å²) in [5.74, 6) is 0.437. The summed E-state index contributed by atoms with van der Waals surface area (Å²) in [6.45, 7) is 7.58. The Kier molecular flexibility index (Phi) is 10.8. The summed E-state index contributed by atoms with van der Waals surface area (Å²) in [4.78, 5) is 17.1. The van der Waals surface area contributed by atoms with Crippen molar-refractivity contribution in [2.24, 2.45) is 10.4 Å². The molecule has 0 aliphatic carbocycles. The Morgan fingerprint density at radius 1 is 1.11 bits per heavy atom. The zero-order valence-electron chi connectivity index (χ0n) is 21.5. The molecule has 8 nitrogen and oxygen atoms in total. The van der Waals surface area contributed by atoms with Crippen molar-refractivity contribution in [1.29, 1.82) is 0 Å². The molecule has 2 N–H and O–H groups in total. The number of hydrogen-bond acceptors (Lipinski definition) is 8. The number of carbonyl (C=O) groups excluding carboxylic acids is 1. The molecule has 0 unspecified atom stereocenters. The molecule has 0 fully saturated rings. The number of carbonyl (C=O) groups is 1. The number of esters is 1. The average Bonchev–Trinajstić information content (AvgIpc) is 2.84. The van der Waals surface area contributed by atoms with E-state index in [4.69, 9.17) is 18.9 Å². The Labute approximate surface area is 220 Å². The molecule has 196 valence electrons. The molecule has 2 aromatic carbocycles. The SMILES string of the molecule is CCOC(=O)C(C=N[C@H](CO)C(C)(C)C)=C(O)c1cc(OCc2ccc(OC)cc2)c(OC)cc1Br. The van der Waals surface area contributed by atoms with E-state index in [1.165, 1.54) is 13.3 Å². The molecule has 0 saturated heterocycles. The number of ether oxygens (including phenoxy) is 4. The fourth-order valence-electron chi connectivity index (χ4n) is 3.15. The first-order valence-corrected chi connectivity index (χ1v) is 12.2. The van der Waals surface area contributed by atoms with Crippen LogP contribution in [0.3, 0.4) is 0 Å². The summed E-state index contributed by atoms with van der Waals surface area (Å²) in [6.07, 6.45) is 1.24. The van der Waals surface area contributed by atoms with E-state index < -0.39 is 12.0 Å². The minimum absolute atomic E-state index is 0.117. The number of halogens is 1. The Balaban J connectivity index is 2.50. The molecular weight excluding hydrogens is 530 g/mol.